The van der Waals surface area contributed by atoms with Crippen LogP contribution in [0.15, 0.2) is 0 Å². The van der Waals surface area contributed by atoms with Gasteiger partial charge in [-0.2, -0.15) is 0 Å². The molecule has 4 heavy (non-hydrogen) atoms. The minimum Gasteiger partial charge on any atom is 0 e. The molecule has 0 aromatic heterocycles. The summed E-state index contributed by atoms with van der Waals surface area (Å²) in [6, 6.07) is 0. The Labute approximate surface area is 73.3 Å². The quantitative estimate of drug-likeness (QED) is 0.536. The van der Waals surface area contributed by atoms with Crippen LogP contribution in [0.1, 0.15) is 0 Å². The third-order valence-corrected chi connectivity index (χ3v) is 0. The number of rotatable bonds is 0. The summed E-state index contributed by atoms with van der Waals surface area (Å²) in [6.07, 6.45) is 0. The standard InChI is InChI=1S/In.Mo.O.Zr.H. The van der Waals surface area contributed by atoms with Crippen LogP contribution in [0.4, 0.5) is 0 Å². The van der Waals surface area contributed by atoms with Crippen molar-refractivity contribution in [3.63, 3.8) is 0 Å². The minimum atomic E-state index is -0.1000. The molecule has 0 unspecified atom stereocenters. The van der Waals surface area contributed by atoms with Crippen molar-refractivity contribution in [2.24, 2.45) is 0 Å². The van der Waals surface area contributed by atoms with E-state index in [9.17, 15) is 0 Å². The molecule has 0 aliphatic rings. The molecular weight excluding hydrogens is 318 g/mol. The van der Waals surface area contributed by atoms with E-state index >= 15 is 0 Å². The fourth-order valence-electron chi connectivity index (χ4n) is 0. The van der Waals surface area contributed by atoms with Crippen LogP contribution in [-0.2, 0) is 50.1 Å². The summed E-state index contributed by atoms with van der Waals surface area (Å²) in [5.74, 6) is 0. The SMILES string of the molecule is [Mo].[O]=[InH].[Zr]. The molecule has 0 heterocycles. The van der Waals surface area contributed by atoms with Crippen LogP contribution in [0.3, 0.4) is 0 Å². The zero-order valence-corrected chi connectivity index (χ0v) is 10.5. The Kier molecular flexibility index (Phi) is 76.6. The monoisotopic (exact) mass is 320 g/mol. The fourth-order valence-corrected chi connectivity index (χ4v) is 0. The van der Waals surface area contributed by atoms with Crippen molar-refractivity contribution in [1.82, 2.24) is 0 Å². The van der Waals surface area contributed by atoms with Gasteiger partial charge in [-0.25, -0.2) is 0 Å². The van der Waals surface area contributed by atoms with Gasteiger partial charge in [-0.15, -0.1) is 0 Å². The molecule has 0 aromatic rings. The van der Waals surface area contributed by atoms with E-state index in [2.05, 4.69) is 0 Å². The van der Waals surface area contributed by atoms with Crippen molar-refractivity contribution < 1.29 is 50.1 Å². The van der Waals surface area contributed by atoms with Gasteiger partial charge in [0, 0.05) is 47.3 Å². The summed E-state index contributed by atoms with van der Waals surface area (Å²) in [6.45, 7) is 0. The second kappa shape index (κ2) is 18.8. The van der Waals surface area contributed by atoms with Crippen LogP contribution in [0, 0.1) is 0 Å². The van der Waals surface area contributed by atoms with Gasteiger partial charge in [0.25, 0.3) is 0 Å². The molecule has 0 fully saturated rings. The van der Waals surface area contributed by atoms with Gasteiger partial charge >= 0.3 is 27.2 Å². The normalized spacial score (nSPS) is 0.750. The van der Waals surface area contributed by atoms with Crippen molar-refractivity contribution in [2.75, 3.05) is 0 Å². The maximum absolute atomic E-state index is 8.42. The largest absolute Gasteiger partial charge is 0 e. The molecule has 0 saturated carbocycles. The maximum Gasteiger partial charge on any atom is 0 e. The van der Waals surface area contributed by atoms with Gasteiger partial charge in [-0.1, -0.05) is 0 Å². The summed E-state index contributed by atoms with van der Waals surface area (Å²) in [5, 5.41) is 0. The fraction of sp³-hybridized carbons (Fsp3) is 0. The third-order valence-electron chi connectivity index (χ3n) is 0. The van der Waals surface area contributed by atoms with E-state index in [1.54, 1.807) is 0 Å². The summed E-state index contributed by atoms with van der Waals surface area (Å²) in [4.78, 5) is 0. The second-order valence-electron chi connectivity index (χ2n) is 0. The molecule has 0 rings (SSSR count). The Balaban J connectivity index is -0.00000000500. The first kappa shape index (κ1) is 16.3. The third kappa shape index (κ3) is 8.87. The van der Waals surface area contributed by atoms with Crippen molar-refractivity contribution in [3.05, 3.63) is 0 Å². The Morgan fingerprint density at radius 2 is 1.25 bits per heavy atom. The first-order valence-corrected chi connectivity index (χ1v) is 1.94. The first-order chi connectivity index (χ1) is 1.00. The number of hydrogen-bond donors (Lipinski definition) is 0. The predicted octanol–water partition coefficient (Wildman–Crippen LogP) is -0.772. The van der Waals surface area contributed by atoms with E-state index in [1.165, 1.54) is 0 Å². The van der Waals surface area contributed by atoms with Gasteiger partial charge in [-0.3, -0.25) is 0 Å². The van der Waals surface area contributed by atoms with E-state index < -0.39 is 0 Å². The summed E-state index contributed by atoms with van der Waals surface area (Å²) >= 11 is -0.1000. The van der Waals surface area contributed by atoms with Crippen LogP contribution in [-0.4, -0.2) is 24.4 Å². The van der Waals surface area contributed by atoms with Crippen molar-refractivity contribution >= 4 is 24.4 Å². The van der Waals surface area contributed by atoms with Gasteiger partial charge in [0.15, 0.2) is 0 Å². The molecule has 0 bridgehead atoms. The zero-order valence-electron chi connectivity index (χ0n) is 2.02. The molecule has 0 aromatic carbocycles. The second-order valence-corrected chi connectivity index (χ2v) is 0. The number of hydrogen-bond acceptors (Lipinski definition) is 1. The van der Waals surface area contributed by atoms with E-state index in [0.29, 0.717) is 0 Å². The van der Waals surface area contributed by atoms with Crippen LogP contribution in [0.2, 0.25) is 0 Å². The molecule has 1 nitrogen and oxygen atoms in total. The molecule has 0 spiro atoms. The van der Waals surface area contributed by atoms with E-state index in [1.807, 2.05) is 0 Å². The van der Waals surface area contributed by atoms with Crippen LogP contribution >= 0.6 is 0 Å². The molecule has 0 N–H and O–H groups in total. The van der Waals surface area contributed by atoms with Gasteiger partial charge in [0.05, 0.1) is 0 Å². The van der Waals surface area contributed by atoms with Gasteiger partial charge in [0.1, 0.15) is 0 Å². The molecule has 20 valence electrons. The molecule has 0 aliphatic carbocycles. The first-order valence-electron chi connectivity index (χ1n) is 0.289. The topological polar surface area (TPSA) is 17.1 Å². The van der Waals surface area contributed by atoms with Gasteiger partial charge < -0.3 is 0 Å². The van der Waals surface area contributed by atoms with Crippen molar-refractivity contribution in [3.8, 4) is 0 Å². The van der Waals surface area contributed by atoms with Gasteiger partial charge in [0.2, 0.25) is 0 Å². The summed E-state index contributed by atoms with van der Waals surface area (Å²) in [7, 11) is 0. The van der Waals surface area contributed by atoms with Crippen LogP contribution in [0.5, 0.6) is 0 Å². The predicted molar refractivity (Wildman–Crippen MR) is 7.84 cm³/mol. The van der Waals surface area contributed by atoms with Crippen molar-refractivity contribution in [2.45, 2.75) is 0 Å². The minimum absolute atomic E-state index is 0. The Bertz CT molecular complexity index is 8.00. The average Bonchev–Trinajstić information content (AvgIpc) is 1.00. The average molecular weight is 319 g/mol. The zero-order chi connectivity index (χ0) is 2.00. The molecule has 0 atom stereocenters. The maximum atomic E-state index is 8.42. The molecule has 0 aliphatic heterocycles. The molecule has 0 amide bonds. The van der Waals surface area contributed by atoms with Crippen LogP contribution < -0.4 is 0 Å². The Morgan fingerprint density at radius 3 is 1.25 bits per heavy atom. The van der Waals surface area contributed by atoms with E-state index in [-0.39, 0.29) is 71.6 Å². The summed E-state index contributed by atoms with van der Waals surface area (Å²) in [5.41, 5.74) is 0. The van der Waals surface area contributed by atoms with Crippen molar-refractivity contribution in [1.29, 1.82) is 0 Å². The van der Waals surface area contributed by atoms with Crippen LogP contribution in [0.25, 0.3) is 0 Å². The van der Waals surface area contributed by atoms with Gasteiger partial charge in [-0.05, 0) is 0 Å². The van der Waals surface area contributed by atoms with E-state index in [0.717, 1.165) is 0 Å². The Hall–Kier alpha value is 2.24. The molecule has 4 heteroatoms. The smallest absolute Gasteiger partial charge is 0 e. The Morgan fingerprint density at radius 1 is 1.25 bits per heavy atom. The molecule has 0 radical (unpaired) electrons. The molecule has 0 saturated heterocycles. The van der Waals surface area contributed by atoms with E-state index in [4.69, 9.17) is 2.85 Å². The summed E-state index contributed by atoms with van der Waals surface area (Å²) < 4.78 is 8.42. The molecular formula is HInMoOZr.